The molecule has 4 rings (SSSR count). The van der Waals surface area contributed by atoms with Gasteiger partial charge in [-0.3, -0.25) is 14.5 Å². The lowest BCUT2D eigenvalue weighted by molar-refractivity contribution is -0.124. The molecule has 1 N–H and O–H groups in total. The van der Waals surface area contributed by atoms with Crippen LogP contribution in [0, 0.1) is 0 Å². The van der Waals surface area contributed by atoms with E-state index in [0.717, 1.165) is 4.88 Å². The van der Waals surface area contributed by atoms with Crippen LogP contribution in [-0.2, 0) is 16.1 Å². The van der Waals surface area contributed by atoms with Crippen molar-refractivity contribution in [3.05, 3.63) is 70.9 Å². The van der Waals surface area contributed by atoms with Crippen molar-refractivity contribution in [3.63, 3.8) is 0 Å². The van der Waals surface area contributed by atoms with Gasteiger partial charge in [-0.1, -0.05) is 6.07 Å². The third-order valence-electron chi connectivity index (χ3n) is 5.31. The maximum Gasteiger partial charge on any atom is 0.256 e. The first-order chi connectivity index (χ1) is 16.0. The topological polar surface area (TPSA) is 71.1 Å². The molecule has 0 aliphatic carbocycles. The van der Waals surface area contributed by atoms with Gasteiger partial charge in [0.1, 0.15) is 17.5 Å². The molecule has 1 atom stereocenters. The van der Waals surface area contributed by atoms with Crippen LogP contribution < -0.4 is 19.7 Å². The molecule has 33 heavy (non-hydrogen) atoms. The van der Waals surface area contributed by atoms with Gasteiger partial charge in [-0.2, -0.15) is 0 Å². The number of nitrogens with zero attached hydrogens (tertiary/aromatic N) is 2. The van der Waals surface area contributed by atoms with E-state index < -0.39 is 6.04 Å². The van der Waals surface area contributed by atoms with E-state index >= 15 is 0 Å². The van der Waals surface area contributed by atoms with Crippen LogP contribution in [0.3, 0.4) is 0 Å². The van der Waals surface area contributed by atoms with Gasteiger partial charge in [-0.25, -0.2) is 0 Å². The first kappa shape index (κ1) is 22.8. The number of amides is 2. The summed E-state index contributed by atoms with van der Waals surface area (Å²) in [7, 11) is 3.17. The molecule has 2 amide bonds. The van der Waals surface area contributed by atoms with Crippen LogP contribution in [0.25, 0.3) is 0 Å². The maximum absolute atomic E-state index is 13.5. The Hall–Kier alpha value is -3.43. The van der Waals surface area contributed by atoms with E-state index in [2.05, 4.69) is 5.32 Å². The Labute approximate surface area is 201 Å². The van der Waals surface area contributed by atoms with E-state index in [1.54, 1.807) is 74.1 Å². The van der Waals surface area contributed by atoms with Gasteiger partial charge in [0.2, 0.25) is 5.91 Å². The summed E-state index contributed by atoms with van der Waals surface area (Å²) in [6.07, 6.45) is -0.0248. The lowest BCUT2D eigenvalue weighted by Gasteiger charge is -2.23. The van der Waals surface area contributed by atoms with Crippen molar-refractivity contribution >= 4 is 51.9 Å². The van der Waals surface area contributed by atoms with Gasteiger partial charge in [0, 0.05) is 10.6 Å². The van der Waals surface area contributed by atoms with E-state index in [1.807, 2.05) is 22.4 Å². The van der Waals surface area contributed by atoms with Gasteiger partial charge in [0.05, 0.1) is 32.9 Å². The van der Waals surface area contributed by atoms with Crippen molar-refractivity contribution in [2.24, 2.45) is 0 Å². The largest absolute Gasteiger partial charge is 0.497 e. The summed E-state index contributed by atoms with van der Waals surface area (Å²) < 4.78 is 10.4. The number of rotatable bonds is 8. The number of thiophene rings is 1. The van der Waals surface area contributed by atoms with E-state index in [1.165, 1.54) is 4.90 Å². The van der Waals surface area contributed by atoms with Gasteiger partial charge >= 0.3 is 0 Å². The highest BCUT2D eigenvalue weighted by atomic mass is 32.1. The van der Waals surface area contributed by atoms with E-state index in [4.69, 9.17) is 21.7 Å². The predicted octanol–water partition coefficient (Wildman–Crippen LogP) is 4.30. The van der Waals surface area contributed by atoms with Crippen LogP contribution in [0.2, 0.25) is 0 Å². The fourth-order valence-corrected chi connectivity index (χ4v) is 4.70. The summed E-state index contributed by atoms with van der Waals surface area (Å²) in [6, 6.07) is 17.4. The Bertz CT molecular complexity index is 1130. The zero-order valence-corrected chi connectivity index (χ0v) is 19.8. The Morgan fingerprint density at radius 3 is 2.24 bits per heavy atom. The second-order valence-electron chi connectivity index (χ2n) is 7.36. The minimum atomic E-state index is -0.708. The molecule has 0 bridgehead atoms. The molecule has 1 aliphatic rings. The summed E-state index contributed by atoms with van der Waals surface area (Å²) >= 11 is 7.28. The molecule has 0 radical (unpaired) electrons. The number of hydrogen-bond acceptors (Lipinski definition) is 6. The highest BCUT2D eigenvalue weighted by Crippen LogP contribution is 2.30. The maximum atomic E-state index is 13.5. The molecule has 0 unspecified atom stereocenters. The highest BCUT2D eigenvalue weighted by Gasteiger charge is 2.44. The fourth-order valence-electron chi connectivity index (χ4n) is 3.62. The molecule has 2 heterocycles. The second kappa shape index (κ2) is 10.0. The van der Waals surface area contributed by atoms with Gasteiger partial charge in [0.15, 0.2) is 5.11 Å². The molecule has 3 aromatic rings. The molecular formula is C24H23N3O4S2. The van der Waals surface area contributed by atoms with Crippen LogP contribution in [0.5, 0.6) is 11.5 Å². The third-order valence-corrected chi connectivity index (χ3v) is 6.59. The minimum absolute atomic E-state index is 0.0248. The monoisotopic (exact) mass is 481 g/mol. The Kier molecular flexibility index (Phi) is 6.90. The molecule has 7 nitrogen and oxygen atoms in total. The summed E-state index contributed by atoms with van der Waals surface area (Å²) in [4.78, 5) is 30.7. The van der Waals surface area contributed by atoms with Gasteiger partial charge in [-0.15, -0.1) is 11.3 Å². The number of anilines is 2. The molecule has 0 spiro atoms. The molecule has 1 saturated heterocycles. The summed E-state index contributed by atoms with van der Waals surface area (Å²) in [5.41, 5.74) is 1.27. The zero-order valence-electron chi connectivity index (χ0n) is 18.2. The van der Waals surface area contributed by atoms with Crippen LogP contribution in [0.4, 0.5) is 11.4 Å². The minimum Gasteiger partial charge on any atom is -0.497 e. The number of carbonyl (C=O) groups excluding carboxylic acids is 2. The van der Waals surface area contributed by atoms with Gasteiger partial charge in [-0.05, 0) is 72.2 Å². The number of methoxy groups -OCH3 is 2. The predicted molar refractivity (Wildman–Crippen MR) is 133 cm³/mol. The Balaban J connectivity index is 1.56. The number of ether oxygens (including phenoxy) is 2. The molecule has 1 fully saturated rings. The second-order valence-corrected chi connectivity index (χ2v) is 8.76. The average molecular weight is 482 g/mol. The Morgan fingerprint density at radius 1 is 1.03 bits per heavy atom. The SMILES string of the molecule is COc1ccc(NC(=O)C[C@@H]2C(=O)N(c3ccc(OC)cc3)C(=S)N2Cc2cccs2)cc1. The van der Waals surface area contributed by atoms with E-state index in [9.17, 15) is 9.59 Å². The summed E-state index contributed by atoms with van der Waals surface area (Å²) in [5.74, 6) is 0.879. The lowest BCUT2D eigenvalue weighted by Crippen LogP contribution is -2.37. The van der Waals surface area contributed by atoms with Crippen molar-refractivity contribution in [2.45, 2.75) is 19.0 Å². The van der Waals surface area contributed by atoms with Gasteiger partial charge < -0.3 is 19.7 Å². The number of hydrogen-bond donors (Lipinski definition) is 1. The first-order valence-corrected chi connectivity index (χ1v) is 11.5. The standard InChI is InChI=1S/C24H23N3O4S2/c1-30-18-9-5-16(6-10-18)25-22(28)14-21-23(29)27(17-7-11-19(31-2)12-8-17)24(32)26(21)15-20-4-3-13-33-20/h3-13,21H,14-15H2,1-2H3,(H,25,28)/t21-/m1/s1. The van der Waals surface area contributed by atoms with Crippen LogP contribution >= 0.6 is 23.6 Å². The van der Waals surface area contributed by atoms with Crippen LogP contribution in [-0.4, -0.2) is 42.1 Å². The molecule has 2 aromatic carbocycles. The molecular weight excluding hydrogens is 458 g/mol. The number of nitrogens with one attached hydrogen (secondary N) is 1. The number of thiocarbonyl (C=S) groups is 1. The van der Waals surface area contributed by atoms with Crippen molar-refractivity contribution in [1.82, 2.24) is 4.90 Å². The van der Waals surface area contributed by atoms with Crippen molar-refractivity contribution in [2.75, 3.05) is 24.4 Å². The normalized spacial score (nSPS) is 15.6. The third kappa shape index (κ3) is 4.99. The molecule has 170 valence electrons. The van der Waals surface area contributed by atoms with E-state index in [-0.39, 0.29) is 18.2 Å². The quantitative estimate of drug-likeness (QED) is 0.484. The fraction of sp³-hybridized carbons (Fsp3) is 0.208. The molecule has 1 aromatic heterocycles. The zero-order chi connectivity index (χ0) is 23.4. The van der Waals surface area contributed by atoms with Gasteiger partial charge in [0.25, 0.3) is 5.91 Å². The Morgan fingerprint density at radius 2 is 1.67 bits per heavy atom. The van der Waals surface area contributed by atoms with Crippen LogP contribution in [0.15, 0.2) is 66.0 Å². The van der Waals surface area contributed by atoms with Crippen molar-refractivity contribution in [1.29, 1.82) is 0 Å². The lowest BCUT2D eigenvalue weighted by atomic mass is 10.1. The van der Waals surface area contributed by atoms with Crippen LogP contribution in [0.1, 0.15) is 11.3 Å². The molecule has 0 saturated carbocycles. The molecule has 1 aliphatic heterocycles. The molecule has 9 heteroatoms. The van der Waals surface area contributed by atoms with E-state index in [0.29, 0.717) is 34.5 Å². The first-order valence-electron chi connectivity index (χ1n) is 10.2. The smallest absolute Gasteiger partial charge is 0.256 e. The van der Waals surface area contributed by atoms with Crippen molar-refractivity contribution in [3.8, 4) is 11.5 Å². The highest BCUT2D eigenvalue weighted by molar-refractivity contribution is 7.80. The van der Waals surface area contributed by atoms with Crippen molar-refractivity contribution < 1.29 is 19.1 Å². The summed E-state index contributed by atoms with van der Waals surface area (Å²) in [6.45, 7) is 0.454. The number of carbonyl (C=O) groups is 2. The summed E-state index contributed by atoms with van der Waals surface area (Å²) in [5, 5.41) is 5.21. The average Bonchev–Trinajstić information content (AvgIpc) is 3.42. The number of benzene rings is 2.